The summed E-state index contributed by atoms with van der Waals surface area (Å²) in [6.45, 7) is 10.5. The third-order valence-electron chi connectivity index (χ3n) is 9.45. The zero-order chi connectivity index (χ0) is 41.6. The monoisotopic (exact) mass is 819 g/mol. The van der Waals surface area contributed by atoms with Crippen LogP contribution in [-0.2, 0) is 18.3 Å². The molecule has 7 N–H and O–H groups in total. The van der Waals surface area contributed by atoms with E-state index in [0.29, 0.717) is 13.1 Å². The molecule has 0 aliphatic heterocycles. The number of ether oxygens (including phenoxy) is 1. The number of carbonyl (C=O) groups is 3. The molecule has 0 saturated heterocycles. The van der Waals surface area contributed by atoms with Crippen LogP contribution in [0.4, 0.5) is 14.4 Å². The summed E-state index contributed by atoms with van der Waals surface area (Å²) in [5.41, 5.74) is 5.18. The van der Waals surface area contributed by atoms with E-state index in [1.807, 2.05) is 0 Å². The maximum Gasteiger partial charge on any atom is 0.407 e. The van der Waals surface area contributed by atoms with Crippen molar-refractivity contribution in [3.05, 3.63) is 0 Å². The predicted molar refractivity (Wildman–Crippen MR) is 231 cm³/mol. The molecule has 14 heteroatoms. The van der Waals surface area contributed by atoms with E-state index in [2.05, 4.69) is 40.4 Å². The quantitative estimate of drug-likeness (QED) is 0.0263. The van der Waals surface area contributed by atoms with Crippen LogP contribution >= 0.6 is 7.75 Å². The molecule has 5 amide bonds. The van der Waals surface area contributed by atoms with Crippen LogP contribution in [0.1, 0.15) is 202 Å². The molecule has 0 rings (SSSR count). The summed E-state index contributed by atoms with van der Waals surface area (Å²) in [7, 11) is -4.11. The van der Waals surface area contributed by atoms with Gasteiger partial charge in [-0.1, -0.05) is 168 Å². The average molecular weight is 819 g/mol. The van der Waals surface area contributed by atoms with Crippen molar-refractivity contribution >= 4 is 25.9 Å². The fraction of sp³-hybridized carbons (Fsp3) is 0.929. The molecule has 1 atom stereocenters. The van der Waals surface area contributed by atoms with Gasteiger partial charge in [-0.2, -0.15) is 0 Å². The zero-order valence-corrected chi connectivity index (χ0v) is 37.5. The minimum Gasteiger partial charge on any atom is -0.444 e. The van der Waals surface area contributed by atoms with Crippen LogP contribution in [0.25, 0.3) is 0 Å². The summed E-state index contributed by atoms with van der Waals surface area (Å²) in [6.07, 6.45) is 31.0. The Bertz CT molecular complexity index is 953. The van der Waals surface area contributed by atoms with Crippen LogP contribution in [0.3, 0.4) is 0 Å². The molecule has 0 spiro atoms. The number of unbranched alkanes of at least 4 members (excludes halogenated alkanes) is 24. The highest BCUT2D eigenvalue weighted by Crippen LogP contribution is 2.40. The first kappa shape index (κ1) is 53.9. The van der Waals surface area contributed by atoms with Gasteiger partial charge in [0.1, 0.15) is 11.7 Å². The number of hydrogen-bond acceptors (Lipinski definition) is 7. The van der Waals surface area contributed by atoms with Gasteiger partial charge in [0.05, 0.1) is 6.61 Å². The Morgan fingerprint density at radius 3 is 1.20 bits per heavy atom. The van der Waals surface area contributed by atoms with Crippen molar-refractivity contribution in [2.75, 3.05) is 39.3 Å². The molecule has 0 aromatic carbocycles. The lowest BCUT2D eigenvalue weighted by molar-refractivity contribution is 0.0515. The molecule has 0 aromatic rings. The van der Waals surface area contributed by atoms with Gasteiger partial charge in [0, 0.05) is 32.7 Å². The number of nitrogens with one attached hydrogen (secondary N) is 5. The summed E-state index contributed by atoms with van der Waals surface area (Å²) >= 11 is 0. The van der Waals surface area contributed by atoms with E-state index in [4.69, 9.17) is 19.3 Å². The number of nitrogens with two attached hydrogens (primary N) is 1. The lowest BCUT2D eigenvalue weighted by Crippen LogP contribution is -2.46. The standard InChI is InChI=1S/C42H87N6O7P/c1-6-8-10-12-14-16-18-20-22-24-26-28-30-32-44-39(49)47-36-38(55-56(43,52)53-35-34-46-41(51)54-42(3,4)5)37-48-40(50)45-33-31-29-27-25-23-21-19-17-15-13-11-9-7-2/h38H,6-37H2,1-5H3,(H2,43,52)(H,46,51)(H2,44,47,49)(H2,45,48,50). The van der Waals surface area contributed by atoms with Crippen molar-refractivity contribution in [2.45, 2.75) is 213 Å². The Morgan fingerprint density at radius 2 is 0.857 bits per heavy atom. The molecule has 0 fully saturated rings. The Hall–Kier alpha value is -2.08. The third kappa shape index (κ3) is 40.1. The number of hydrogen-bond donors (Lipinski definition) is 6. The summed E-state index contributed by atoms with van der Waals surface area (Å²) in [5, 5.41) is 13.7. The van der Waals surface area contributed by atoms with Crippen molar-refractivity contribution < 1.29 is 32.7 Å². The fourth-order valence-corrected chi connectivity index (χ4v) is 7.22. The first-order chi connectivity index (χ1) is 26.9. The lowest BCUT2D eigenvalue weighted by Gasteiger charge is -2.23. The van der Waals surface area contributed by atoms with Gasteiger partial charge in [-0.05, 0) is 33.6 Å². The van der Waals surface area contributed by atoms with E-state index >= 15 is 0 Å². The molecule has 0 bridgehead atoms. The van der Waals surface area contributed by atoms with E-state index in [9.17, 15) is 18.9 Å². The molecule has 0 aliphatic rings. The Balaban J connectivity index is 4.47. The highest BCUT2D eigenvalue weighted by atomic mass is 31.2. The second-order valence-corrected chi connectivity index (χ2v) is 17.8. The van der Waals surface area contributed by atoms with Gasteiger partial charge in [-0.3, -0.25) is 9.05 Å². The molecular formula is C42H87N6O7P. The van der Waals surface area contributed by atoms with Gasteiger partial charge in [-0.15, -0.1) is 0 Å². The van der Waals surface area contributed by atoms with E-state index in [0.717, 1.165) is 38.5 Å². The van der Waals surface area contributed by atoms with Crippen molar-refractivity contribution in [2.24, 2.45) is 5.50 Å². The molecule has 332 valence electrons. The van der Waals surface area contributed by atoms with E-state index < -0.39 is 37.6 Å². The predicted octanol–water partition coefficient (Wildman–Crippen LogP) is 10.8. The second kappa shape index (κ2) is 37.2. The van der Waals surface area contributed by atoms with Crippen molar-refractivity contribution in [3.63, 3.8) is 0 Å². The molecule has 0 saturated carbocycles. The van der Waals surface area contributed by atoms with E-state index in [1.165, 1.54) is 128 Å². The van der Waals surface area contributed by atoms with Gasteiger partial charge < -0.3 is 31.3 Å². The molecule has 0 heterocycles. The van der Waals surface area contributed by atoms with E-state index in [1.54, 1.807) is 20.8 Å². The highest BCUT2D eigenvalue weighted by molar-refractivity contribution is 7.51. The Kier molecular flexibility index (Phi) is 35.8. The SMILES string of the molecule is CCCCCCCCCCCCCCCNC(=O)NCC(CNC(=O)NCCCCCCCCCCCCCCC)OP(N)(=O)OCCNC(=O)OC(C)(C)C. The largest absolute Gasteiger partial charge is 0.444 e. The van der Waals surface area contributed by atoms with Crippen LogP contribution in [0.5, 0.6) is 0 Å². The van der Waals surface area contributed by atoms with Gasteiger partial charge in [0.25, 0.3) is 0 Å². The molecular weight excluding hydrogens is 731 g/mol. The van der Waals surface area contributed by atoms with Crippen molar-refractivity contribution in [3.8, 4) is 0 Å². The minimum absolute atomic E-state index is 0.0101. The van der Waals surface area contributed by atoms with Crippen molar-refractivity contribution in [1.29, 1.82) is 0 Å². The Morgan fingerprint density at radius 1 is 0.518 bits per heavy atom. The molecule has 56 heavy (non-hydrogen) atoms. The topological polar surface area (TPSA) is 182 Å². The second-order valence-electron chi connectivity index (χ2n) is 16.3. The minimum atomic E-state index is -4.11. The number of alkyl carbamates (subject to hydrolysis) is 1. The number of amides is 5. The first-order valence-electron chi connectivity index (χ1n) is 22.6. The number of urea groups is 2. The summed E-state index contributed by atoms with van der Waals surface area (Å²) in [4.78, 5) is 37.0. The van der Waals surface area contributed by atoms with Crippen molar-refractivity contribution in [1.82, 2.24) is 26.6 Å². The van der Waals surface area contributed by atoms with Gasteiger partial charge in [-0.25, -0.2) is 24.5 Å². The van der Waals surface area contributed by atoms with Crippen LogP contribution in [0, 0.1) is 0 Å². The van der Waals surface area contributed by atoms with E-state index in [-0.39, 0.29) is 26.2 Å². The third-order valence-corrected chi connectivity index (χ3v) is 10.6. The number of rotatable bonds is 38. The smallest absolute Gasteiger partial charge is 0.407 e. The van der Waals surface area contributed by atoms with Crippen LogP contribution in [0.15, 0.2) is 0 Å². The molecule has 0 aromatic heterocycles. The summed E-state index contributed by atoms with van der Waals surface area (Å²) < 4.78 is 28.9. The van der Waals surface area contributed by atoms with Gasteiger partial charge >= 0.3 is 25.9 Å². The fourth-order valence-electron chi connectivity index (χ4n) is 6.25. The average Bonchev–Trinajstić information content (AvgIpc) is 3.14. The molecule has 13 nitrogen and oxygen atoms in total. The van der Waals surface area contributed by atoms with Crippen LogP contribution in [0.2, 0.25) is 0 Å². The highest BCUT2D eigenvalue weighted by Gasteiger charge is 2.26. The maximum atomic E-state index is 13.0. The van der Waals surface area contributed by atoms with Gasteiger partial charge in [0.2, 0.25) is 0 Å². The van der Waals surface area contributed by atoms with Gasteiger partial charge in [0.15, 0.2) is 0 Å². The normalized spacial score (nSPS) is 12.6. The van der Waals surface area contributed by atoms with Crippen LogP contribution < -0.4 is 32.1 Å². The molecule has 0 aliphatic carbocycles. The Labute approximate surface area is 342 Å². The number of carbonyl (C=O) groups excluding carboxylic acids is 3. The summed E-state index contributed by atoms with van der Waals surface area (Å²) in [5.74, 6) is 0. The first-order valence-corrected chi connectivity index (χ1v) is 24.2. The summed E-state index contributed by atoms with van der Waals surface area (Å²) in [6, 6.07) is -0.780. The molecule has 1 unspecified atom stereocenters. The van der Waals surface area contributed by atoms with Crippen LogP contribution in [-0.4, -0.2) is 69.2 Å². The lowest BCUT2D eigenvalue weighted by atomic mass is 10.0. The molecule has 0 radical (unpaired) electrons. The zero-order valence-electron chi connectivity index (χ0n) is 36.6. The maximum absolute atomic E-state index is 13.0.